The number of nitrogens with one attached hydrogen (secondary N) is 1. The molecule has 2 rings (SSSR count). The number of aryl methyl sites for hydroxylation is 1. The second kappa shape index (κ2) is 8.15. The number of hydrogen-bond acceptors (Lipinski definition) is 3. The minimum absolute atomic E-state index is 0.746. The van der Waals surface area contributed by atoms with Crippen LogP contribution < -0.4 is 10.1 Å². The first-order valence-electron chi connectivity index (χ1n) is 7.22. The van der Waals surface area contributed by atoms with Crippen LogP contribution in [0, 0.1) is 6.92 Å². The maximum atomic E-state index is 5.79. The van der Waals surface area contributed by atoms with Crippen molar-refractivity contribution in [3.05, 3.63) is 57.8 Å². The molecule has 1 N–H and O–H groups in total. The van der Waals surface area contributed by atoms with Crippen molar-refractivity contribution >= 4 is 15.9 Å². The van der Waals surface area contributed by atoms with Gasteiger partial charge in [0, 0.05) is 35.5 Å². The average molecular weight is 349 g/mol. The summed E-state index contributed by atoms with van der Waals surface area (Å²) in [5.74, 6) is 0.954. The zero-order valence-corrected chi connectivity index (χ0v) is 14.1. The number of rotatable bonds is 7. The van der Waals surface area contributed by atoms with Crippen LogP contribution in [-0.4, -0.2) is 11.6 Å². The van der Waals surface area contributed by atoms with Gasteiger partial charge in [0.25, 0.3) is 0 Å². The fourth-order valence-corrected chi connectivity index (χ4v) is 2.46. The number of pyridine rings is 1. The van der Waals surface area contributed by atoms with Gasteiger partial charge in [-0.25, -0.2) is 0 Å². The Kier molecular flexibility index (Phi) is 6.21. The molecule has 0 aliphatic rings. The molecule has 0 bridgehead atoms. The number of aromatic nitrogens is 1. The Bertz CT molecular complexity index is 587. The van der Waals surface area contributed by atoms with Crippen molar-refractivity contribution in [2.24, 2.45) is 0 Å². The molecule has 0 unspecified atom stereocenters. The molecule has 0 aliphatic carbocycles. The third-order valence-corrected chi connectivity index (χ3v) is 3.76. The zero-order chi connectivity index (χ0) is 15.1. The van der Waals surface area contributed by atoms with Gasteiger partial charge in [-0.05, 0) is 48.7 Å². The number of halogens is 1. The molecule has 21 heavy (non-hydrogen) atoms. The first kappa shape index (κ1) is 16.0. The summed E-state index contributed by atoms with van der Waals surface area (Å²) in [5.41, 5.74) is 3.65. The van der Waals surface area contributed by atoms with Crippen molar-refractivity contribution in [1.82, 2.24) is 10.3 Å². The number of hydrogen-bond donors (Lipinski definition) is 1. The summed E-state index contributed by atoms with van der Waals surface area (Å²) in [6.07, 6.45) is 4.75. The van der Waals surface area contributed by atoms with Gasteiger partial charge in [-0.1, -0.05) is 22.9 Å². The predicted molar refractivity (Wildman–Crippen MR) is 89.4 cm³/mol. The van der Waals surface area contributed by atoms with Crippen LogP contribution in [0.15, 0.2) is 41.1 Å². The molecule has 1 heterocycles. The highest BCUT2D eigenvalue weighted by Crippen LogP contribution is 2.23. The number of nitrogens with zero attached hydrogens (tertiary/aromatic N) is 1. The molecule has 3 nitrogen and oxygen atoms in total. The Morgan fingerprint density at radius 2 is 2.00 bits per heavy atom. The van der Waals surface area contributed by atoms with Crippen LogP contribution in [0.3, 0.4) is 0 Å². The molecule has 1 aromatic heterocycles. The Morgan fingerprint density at radius 1 is 1.19 bits per heavy atom. The fraction of sp³-hybridized carbons (Fsp3) is 0.353. The molecule has 0 fully saturated rings. The van der Waals surface area contributed by atoms with Gasteiger partial charge >= 0.3 is 0 Å². The summed E-state index contributed by atoms with van der Waals surface area (Å²) in [7, 11) is 0. The summed E-state index contributed by atoms with van der Waals surface area (Å²) in [6.45, 7) is 6.54. The van der Waals surface area contributed by atoms with Crippen LogP contribution in [0.2, 0.25) is 0 Å². The second-order valence-corrected chi connectivity index (χ2v) is 5.92. The SMILES string of the molecule is CCCOc1ccc(Br)cc1CNCc1cnccc1C. The summed E-state index contributed by atoms with van der Waals surface area (Å²) < 4.78 is 6.86. The maximum Gasteiger partial charge on any atom is 0.123 e. The molecule has 4 heteroatoms. The first-order valence-corrected chi connectivity index (χ1v) is 8.01. The smallest absolute Gasteiger partial charge is 0.123 e. The van der Waals surface area contributed by atoms with Gasteiger partial charge < -0.3 is 10.1 Å². The van der Waals surface area contributed by atoms with Crippen molar-refractivity contribution in [3.8, 4) is 5.75 Å². The van der Waals surface area contributed by atoms with Gasteiger partial charge in [0.05, 0.1) is 6.61 Å². The van der Waals surface area contributed by atoms with Crippen LogP contribution in [0.1, 0.15) is 30.0 Å². The van der Waals surface area contributed by atoms with Crippen LogP contribution in [-0.2, 0) is 13.1 Å². The van der Waals surface area contributed by atoms with Gasteiger partial charge in [-0.2, -0.15) is 0 Å². The largest absolute Gasteiger partial charge is 0.493 e. The summed E-state index contributed by atoms with van der Waals surface area (Å²) in [5, 5.41) is 3.46. The summed E-state index contributed by atoms with van der Waals surface area (Å²) in [6, 6.07) is 8.17. The lowest BCUT2D eigenvalue weighted by atomic mass is 10.1. The standard InChI is InChI=1S/C17H21BrN2O/c1-3-8-21-17-5-4-16(18)9-14(17)10-20-12-15-11-19-7-6-13(15)2/h4-7,9,11,20H,3,8,10,12H2,1-2H3. The molecule has 0 saturated heterocycles. The van der Waals surface area contributed by atoms with E-state index in [9.17, 15) is 0 Å². The number of ether oxygens (including phenoxy) is 1. The van der Waals surface area contributed by atoms with Gasteiger partial charge in [-0.3, -0.25) is 4.98 Å². The first-order chi connectivity index (χ1) is 10.2. The number of benzene rings is 1. The average Bonchev–Trinajstić information content (AvgIpc) is 2.48. The molecule has 0 atom stereocenters. The van der Waals surface area contributed by atoms with E-state index in [0.717, 1.165) is 36.3 Å². The lowest BCUT2D eigenvalue weighted by Crippen LogP contribution is -2.14. The van der Waals surface area contributed by atoms with Crippen molar-refractivity contribution in [2.75, 3.05) is 6.61 Å². The van der Waals surface area contributed by atoms with E-state index in [4.69, 9.17) is 4.74 Å². The van der Waals surface area contributed by atoms with Crippen LogP contribution in [0.5, 0.6) is 5.75 Å². The van der Waals surface area contributed by atoms with Crippen molar-refractivity contribution in [3.63, 3.8) is 0 Å². The molecule has 0 saturated carbocycles. The van der Waals surface area contributed by atoms with Gasteiger partial charge in [0.1, 0.15) is 5.75 Å². The van der Waals surface area contributed by atoms with E-state index in [0.29, 0.717) is 0 Å². The molecule has 112 valence electrons. The lowest BCUT2D eigenvalue weighted by Gasteiger charge is -2.13. The highest BCUT2D eigenvalue weighted by atomic mass is 79.9. The van der Waals surface area contributed by atoms with Gasteiger partial charge in [0.15, 0.2) is 0 Å². The quantitative estimate of drug-likeness (QED) is 0.812. The molecule has 0 aliphatic heterocycles. The monoisotopic (exact) mass is 348 g/mol. The normalized spacial score (nSPS) is 10.6. The molecular weight excluding hydrogens is 328 g/mol. The second-order valence-electron chi connectivity index (χ2n) is 5.01. The fourth-order valence-electron chi connectivity index (χ4n) is 2.05. The Balaban J connectivity index is 1.99. The Morgan fingerprint density at radius 3 is 2.76 bits per heavy atom. The molecule has 0 amide bonds. The van der Waals surface area contributed by atoms with E-state index in [1.54, 1.807) is 0 Å². The van der Waals surface area contributed by atoms with Crippen LogP contribution in [0.4, 0.5) is 0 Å². The highest BCUT2D eigenvalue weighted by Gasteiger charge is 2.05. The van der Waals surface area contributed by atoms with E-state index in [1.165, 1.54) is 16.7 Å². The van der Waals surface area contributed by atoms with Crippen molar-refractivity contribution in [2.45, 2.75) is 33.4 Å². The van der Waals surface area contributed by atoms with E-state index in [-0.39, 0.29) is 0 Å². The maximum absolute atomic E-state index is 5.79. The summed E-state index contributed by atoms with van der Waals surface area (Å²) >= 11 is 3.52. The highest BCUT2D eigenvalue weighted by molar-refractivity contribution is 9.10. The molecule has 0 spiro atoms. The topological polar surface area (TPSA) is 34.1 Å². The Labute approximate surface area is 134 Å². The Hall–Kier alpha value is -1.39. The van der Waals surface area contributed by atoms with E-state index in [2.05, 4.69) is 46.1 Å². The lowest BCUT2D eigenvalue weighted by molar-refractivity contribution is 0.313. The van der Waals surface area contributed by atoms with E-state index >= 15 is 0 Å². The van der Waals surface area contributed by atoms with E-state index in [1.807, 2.05) is 30.6 Å². The molecule has 2 aromatic rings. The molecule has 0 radical (unpaired) electrons. The van der Waals surface area contributed by atoms with Crippen molar-refractivity contribution < 1.29 is 4.74 Å². The third-order valence-electron chi connectivity index (χ3n) is 3.26. The van der Waals surface area contributed by atoms with Gasteiger partial charge in [-0.15, -0.1) is 0 Å². The molecule has 1 aromatic carbocycles. The van der Waals surface area contributed by atoms with E-state index < -0.39 is 0 Å². The van der Waals surface area contributed by atoms with Crippen LogP contribution >= 0.6 is 15.9 Å². The molecular formula is C17H21BrN2O. The van der Waals surface area contributed by atoms with Crippen LogP contribution in [0.25, 0.3) is 0 Å². The zero-order valence-electron chi connectivity index (χ0n) is 12.5. The van der Waals surface area contributed by atoms with Crippen molar-refractivity contribution in [1.29, 1.82) is 0 Å². The third kappa shape index (κ3) is 4.83. The minimum Gasteiger partial charge on any atom is -0.493 e. The minimum atomic E-state index is 0.746. The summed E-state index contributed by atoms with van der Waals surface area (Å²) in [4.78, 5) is 4.17. The van der Waals surface area contributed by atoms with Gasteiger partial charge in [0.2, 0.25) is 0 Å². The predicted octanol–water partition coefficient (Wildman–Crippen LogP) is 4.23.